The predicted octanol–water partition coefficient (Wildman–Crippen LogP) is 1.60. The molecule has 20 heavy (non-hydrogen) atoms. The fourth-order valence-corrected chi connectivity index (χ4v) is 2.74. The lowest BCUT2D eigenvalue weighted by Gasteiger charge is -2.06. The van der Waals surface area contributed by atoms with Crippen molar-refractivity contribution in [3.63, 3.8) is 0 Å². The molecular weight excluding hydrogens is 282 g/mol. The molecule has 1 heterocycles. The number of furan rings is 1. The minimum atomic E-state index is -3.56. The van der Waals surface area contributed by atoms with E-state index in [1.54, 1.807) is 18.2 Å². The second-order valence-electron chi connectivity index (χ2n) is 4.17. The number of aromatic carboxylic acids is 1. The first-order valence-electron chi connectivity index (χ1n) is 5.78. The van der Waals surface area contributed by atoms with Gasteiger partial charge in [-0.15, -0.1) is 0 Å². The summed E-state index contributed by atoms with van der Waals surface area (Å²) in [6.45, 7) is 0.0634. The Labute approximate surface area is 116 Å². The van der Waals surface area contributed by atoms with Crippen LogP contribution in [0.3, 0.4) is 0 Å². The van der Waals surface area contributed by atoms with Gasteiger partial charge in [0.25, 0.3) is 0 Å². The second kappa shape index (κ2) is 5.89. The number of nitrogens with one attached hydrogen (secondary N) is 1. The van der Waals surface area contributed by atoms with Crippen molar-refractivity contribution in [2.75, 3.05) is 0 Å². The van der Waals surface area contributed by atoms with Crippen molar-refractivity contribution in [3.8, 4) is 0 Å². The topological polar surface area (TPSA) is 96.6 Å². The Hall–Kier alpha value is -2.12. The van der Waals surface area contributed by atoms with Crippen LogP contribution in [0.5, 0.6) is 0 Å². The minimum absolute atomic E-state index is 0.0590. The highest BCUT2D eigenvalue weighted by molar-refractivity contribution is 7.88. The molecule has 0 atom stereocenters. The first-order chi connectivity index (χ1) is 9.46. The fourth-order valence-electron chi connectivity index (χ4n) is 1.66. The maximum absolute atomic E-state index is 11.9. The Morgan fingerprint density at radius 1 is 1.25 bits per heavy atom. The highest BCUT2D eigenvalue weighted by Crippen LogP contribution is 2.09. The van der Waals surface area contributed by atoms with Gasteiger partial charge in [0.15, 0.2) is 0 Å². The second-order valence-corrected chi connectivity index (χ2v) is 5.97. The zero-order valence-corrected chi connectivity index (χ0v) is 11.3. The van der Waals surface area contributed by atoms with Gasteiger partial charge in [-0.3, -0.25) is 0 Å². The number of carbonyl (C=O) groups is 1. The molecule has 7 heteroatoms. The number of hydrogen-bond donors (Lipinski definition) is 2. The molecular formula is C13H13NO5S. The zero-order chi connectivity index (χ0) is 14.6. The molecule has 2 rings (SSSR count). The van der Waals surface area contributed by atoms with Crippen molar-refractivity contribution in [3.05, 3.63) is 59.5 Å². The molecule has 0 aliphatic carbocycles. The number of sulfonamides is 1. The van der Waals surface area contributed by atoms with Crippen LogP contribution in [0, 0.1) is 0 Å². The lowest BCUT2D eigenvalue weighted by Crippen LogP contribution is -2.24. The molecule has 0 radical (unpaired) electrons. The number of carboxylic acids is 1. The summed E-state index contributed by atoms with van der Waals surface area (Å²) in [5, 5.41) is 8.86. The average Bonchev–Trinajstić information content (AvgIpc) is 2.89. The van der Waals surface area contributed by atoms with Crippen LogP contribution >= 0.6 is 0 Å². The summed E-state index contributed by atoms with van der Waals surface area (Å²) in [4.78, 5) is 10.8. The summed E-state index contributed by atoms with van der Waals surface area (Å²) in [7, 11) is -3.56. The molecule has 6 nitrogen and oxygen atoms in total. The number of hydrogen-bond acceptors (Lipinski definition) is 4. The molecule has 1 aromatic carbocycles. The lowest BCUT2D eigenvalue weighted by molar-refractivity contribution is 0.0696. The van der Waals surface area contributed by atoms with Gasteiger partial charge in [0.2, 0.25) is 10.0 Å². The van der Waals surface area contributed by atoms with Crippen LogP contribution in [0.15, 0.2) is 47.1 Å². The van der Waals surface area contributed by atoms with Gasteiger partial charge in [0, 0.05) is 0 Å². The summed E-state index contributed by atoms with van der Waals surface area (Å²) in [5.74, 6) is -0.866. The van der Waals surface area contributed by atoms with Crippen LogP contribution in [0.25, 0.3) is 0 Å². The van der Waals surface area contributed by atoms with E-state index in [-0.39, 0.29) is 17.9 Å². The molecule has 0 spiro atoms. The average molecular weight is 295 g/mol. The van der Waals surface area contributed by atoms with Gasteiger partial charge in [0.05, 0.1) is 24.1 Å². The Morgan fingerprint density at radius 3 is 2.70 bits per heavy atom. The van der Waals surface area contributed by atoms with Crippen molar-refractivity contribution in [1.29, 1.82) is 0 Å². The standard InChI is InChI=1S/C13H13NO5S/c15-13(16)11-4-1-3-10(7-11)9-20(17,18)14-8-12-5-2-6-19-12/h1-7,14H,8-9H2,(H,15,16). The van der Waals surface area contributed by atoms with Crippen molar-refractivity contribution < 1.29 is 22.7 Å². The Bertz CT molecular complexity index is 691. The molecule has 0 unspecified atom stereocenters. The maximum Gasteiger partial charge on any atom is 0.335 e. The third-order valence-corrected chi connectivity index (χ3v) is 3.87. The van der Waals surface area contributed by atoms with Gasteiger partial charge < -0.3 is 9.52 Å². The van der Waals surface area contributed by atoms with Crippen LogP contribution in [0.4, 0.5) is 0 Å². The molecule has 0 aliphatic rings. The summed E-state index contributed by atoms with van der Waals surface area (Å²) in [6.07, 6.45) is 1.46. The van der Waals surface area contributed by atoms with Crippen LogP contribution in [0.2, 0.25) is 0 Å². The summed E-state index contributed by atoms with van der Waals surface area (Å²) in [5.41, 5.74) is 0.473. The number of carboxylic acid groups (broad SMARTS) is 1. The van der Waals surface area contributed by atoms with Gasteiger partial charge in [-0.1, -0.05) is 12.1 Å². The predicted molar refractivity (Wildman–Crippen MR) is 71.6 cm³/mol. The Kier molecular flexibility index (Phi) is 4.21. The lowest BCUT2D eigenvalue weighted by atomic mass is 10.1. The molecule has 2 aromatic rings. The number of rotatable bonds is 6. The molecule has 0 amide bonds. The van der Waals surface area contributed by atoms with Crippen molar-refractivity contribution in [1.82, 2.24) is 4.72 Å². The van der Waals surface area contributed by atoms with Crippen LogP contribution in [0.1, 0.15) is 21.7 Å². The van der Waals surface area contributed by atoms with Crippen molar-refractivity contribution in [2.45, 2.75) is 12.3 Å². The van der Waals surface area contributed by atoms with Crippen LogP contribution in [-0.4, -0.2) is 19.5 Å². The van der Waals surface area contributed by atoms with Crippen LogP contribution < -0.4 is 4.72 Å². The quantitative estimate of drug-likeness (QED) is 0.843. The summed E-state index contributed by atoms with van der Waals surface area (Å²) < 4.78 is 31.2. The van der Waals surface area contributed by atoms with Gasteiger partial charge in [-0.2, -0.15) is 0 Å². The molecule has 0 bridgehead atoms. The minimum Gasteiger partial charge on any atom is -0.478 e. The molecule has 0 aliphatic heterocycles. The van der Waals surface area contributed by atoms with Gasteiger partial charge >= 0.3 is 5.97 Å². The van der Waals surface area contributed by atoms with Gasteiger partial charge in [0.1, 0.15) is 5.76 Å². The van der Waals surface area contributed by atoms with E-state index < -0.39 is 16.0 Å². The molecule has 2 N–H and O–H groups in total. The molecule has 1 aromatic heterocycles. The van der Waals surface area contributed by atoms with Gasteiger partial charge in [-0.25, -0.2) is 17.9 Å². The highest BCUT2D eigenvalue weighted by atomic mass is 32.2. The van der Waals surface area contributed by atoms with E-state index in [4.69, 9.17) is 9.52 Å². The number of benzene rings is 1. The molecule has 0 saturated heterocycles. The Morgan fingerprint density at radius 2 is 2.05 bits per heavy atom. The first-order valence-corrected chi connectivity index (χ1v) is 7.43. The largest absolute Gasteiger partial charge is 0.478 e. The molecule has 106 valence electrons. The Balaban J connectivity index is 2.04. The maximum atomic E-state index is 11.9. The van der Waals surface area contributed by atoms with E-state index in [0.29, 0.717) is 11.3 Å². The van der Waals surface area contributed by atoms with Crippen molar-refractivity contribution >= 4 is 16.0 Å². The van der Waals surface area contributed by atoms with E-state index >= 15 is 0 Å². The van der Waals surface area contributed by atoms with E-state index in [2.05, 4.69) is 4.72 Å². The monoisotopic (exact) mass is 295 g/mol. The first kappa shape index (κ1) is 14.3. The SMILES string of the molecule is O=C(O)c1cccc(CS(=O)(=O)NCc2ccco2)c1. The van der Waals surface area contributed by atoms with E-state index in [9.17, 15) is 13.2 Å². The zero-order valence-electron chi connectivity index (χ0n) is 10.4. The summed E-state index contributed by atoms with van der Waals surface area (Å²) >= 11 is 0. The van der Waals surface area contributed by atoms with E-state index in [0.717, 1.165) is 0 Å². The van der Waals surface area contributed by atoms with Crippen LogP contribution in [-0.2, 0) is 22.3 Å². The normalized spacial score (nSPS) is 11.4. The third-order valence-electron chi connectivity index (χ3n) is 2.58. The van der Waals surface area contributed by atoms with E-state index in [1.165, 1.54) is 24.5 Å². The summed E-state index contributed by atoms with van der Waals surface area (Å²) in [6, 6.07) is 9.16. The third kappa shape index (κ3) is 3.94. The van der Waals surface area contributed by atoms with Crippen molar-refractivity contribution in [2.24, 2.45) is 0 Å². The molecule has 0 saturated carbocycles. The smallest absolute Gasteiger partial charge is 0.335 e. The van der Waals surface area contributed by atoms with Gasteiger partial charge in [-0.05, 0) is 29.8 Å². The fraction of sp³-hybridized carbons (Fsp3) is 0.154. The molecule has 0 fully saturated rings. The highest BCUT2D eigenvalue weighted by Gasteiger charge is 2.13. The van der Waals surface area contributed by atoms with E-state index in [1.807, 2.05) is 0 Å².